The Morgan fingerprint density at radius 1 is 0.893 bits per heavy atom. The van der Waals surface area contributed by atoms with Crippen LogP contribution in [0.4, 0.5) is 4.39 Å². The summed E-state index contributed by atoms with van der Waals surface area (Å²) < 4.78 is 14.4. The van der Waals surface area contributed by atoms with Crippen LogP contribution in [-0.2, 0) is 6.42 Å². The molecule has 0 unspecified atom stereocenters. The second kappa shape index (κ2) is 7.02. The normalized spacial score (nSPS) is 11.2. The number of nitrogens with one attached hydrogen (secondary N) is 1. The minimum Gasteiger partial charge on any atom is -0.345 e. The Morgan fingerprint density at radius 3 is 2.50 bits per heavy atom. The SMILES string of the molecule is Fc1ccc(-c2cncc(-c3nc4[nH]cc(Cc5ccccc5)c4s3)c2)cc1. The lowest BCUT2D eigenvalue weighted by atomic mass is 10.1. The summed E-state index contributed by atoms with van der Waals surface area (Å²) >= 11 is 1.67. The minimum absolute atomic E-state index is 0.243. The molecule has 0 radical (unpaired) electrons. The number of H-pyrrole nitrogens is 1. The lowest BCUT2D eigenvalue weighted by Gasteiger charge is -2.03. The molecule has 3 nitrogen and oxygen atoms in total. The van der Waals surface area contributed by atoms with Crippen molar-refractivity contribution in [3.63, 3.8) is 0 Å². The van der Waals surface area contributed by atoms with Crippen molar-refractivity contribution in [1.29, 1.82) is 0 Å². The van der Waals surface area contributed by atoms with Crippen LogP contribution in [0.3, 0.4) is 0 Å². The summed E-state index contributed by atoms with van der Waals surface area (Å²) in [5, 5.41) is 0.924. The number of fused-ring (bicyclic) bond motifs is 1. The lowest BCUT2D eigenvalue weighted by molar-refractivity contribution is 0.628. The van der Waals surface area contributed by atoms with E-state index in [2.05, 4.69) is 40.3 Å². The summed E-state index contributed by atoms with van der Waals surface area (Å²) in [7, 11) is 0. The molecule has 2 aromatic carbocycles. The molecular weight excluding hydrogens is 369 g/mol. The van der Waals surface area contributed by atoms with E-state index in [1.807, 2.05) is 18.5 Å². The smallest absolute Gasteiger partial charge is 0.149 e. The van der Waals surface area contributed by atoms with Crippen molar-refractivity contribution < 1.29 is 4.39 Å². The van der Waals surface area contributed by atoms with E-state index in [0.717, 1.165) is 33.8 Å². The van der Waals surface area contributed by atoms with Crippen LogP contribution in [0.5, 0.6) is 0 Å². The Morgan fingerprint density at radius 2 is 1.68 bits per heavy atom. The summed E-state index contributed by atoms with van der Waals surface area (Å²) in [6.07, 6.45) is 6.52. The molecule has 0 atom stereocenters. The summed E-state index contributed by atoms with van der Waals surface area (Å²) in [6, 6.07) is 18.9. The van der Waals surface area contributed by atoms with E-state index in [1.54, 1.807) is 29.7 Å². The minimum atomic E-state index is -0.243. The van der Waals surface area contributed by atoms with E-state index >= 15 is 0 Å². The number of hydrogen-bond acceptors (Lipinski definition) is 3. The maximum Gasteiger partial charge on any atom is 0.149 e. The van der Waals surface area contributed by atoms with Gasteiger partial charge in [0.2, 0.25) is 0 Å². The zero-order valence-electron chi connectivity index (χ0n) is 14.9. The number of pyridine rings is 1. The fraction of sp³-hybridized carbons (Fsp3) is 0.0435. The van der Waals surface area contributed by atoms with Gasteiger partial charge in [-0.15, -0.1) is 11.3 Å². The molecule has 0 aliphatic carbocycles. The molecule has 3 heterocycles. The Balaban J connectivity index is 1.50. The van der Waals surface area contributed by atoms with Crippen LogP contribution in [-0.4, -0.2) is 15.0 Å². The zero-order chi connectivity index (χ0) is 18.9. The Hall–Kier alpha value is -3.31. The van der Waals surface area contributed by atoms with Gasteiger partial charge in [-0.3, -0.25) is 4.98 Å². The molecule has 5 rings (SSSR count). The van der Waals surface area contributed by atoms with Gasteiger partial charge < -0.3 is 4.98 Å². The molecule has 0 aliphatic rings. The van der Waals surface area contributed by atoms with Gasteiger partial charge in [0, 0.05) is 36.1 Å². The topological polar surface area (TPSA) is 41.6 Å². The van der Waals surface area contributed by atoms with Crippen LogP contribution < -0.4 is 0 Å². The fourth-order valence-electron chi connectivity index (χ4n) is 3.28. The van der Waals surface area contributed by atoms with Crippen LogP contribution in [0, 0.1) is 5.82 Å². The molecule has 0 saturated carbocycles. The van der Waals surface area contributed by atoms with Gasteiger partial charge in [-0.25, -0.2) is 9.37 Å². The van der Waals surface area contributed by atoms with Crippen molar-refractivity contribution in [2.24, 2.45) is 0 Å². The molecule has 5 heteroatoms. The monoisotopic (exact) mass is 385 g/mol. The summed E-state index contributed by atoms with van der Waals surface area (Å²) in [5.41, 5.74) is 6.26. The van der Waals surface area contributed by atoms with E-state index in [-0.39, 0.29) is 5.82 Å². The molecular formula is C23H16FN3S. The zero-order valence-corrected chi connectivity index (χ0v) is 15.7. The third-order valence-electron chi connectivity index (χ3n) is 4.70. The molecule has 0 aliphatic heterocycles. The van der Waals surface area contributed by atoms with Crippen molar-refractivity contribution in [3.8, 4) is 21.7 Å². The second-order valence-electron chi connectivity index (χ2n) is 6.64. The number of thiazole rings is 1. The van der Waals surface area contributed by atoms with Crippen LogP contribution in [0.2, 0.25) is 0 Å². The average molecular weight is 385 g/mol. The van der Waals surface area contributed by atoms with Crippen LogP contribution >= 0.6 is 11.3 Å². The van der Waals surface area contributed by atoms with Gasteiger partial charge in [-0.1, -0.05) is 42.5 Å². The predicted octanol–water partition coefficient (Wildman–Crippen LogP) is 6.08. The summed E-state index contributed by atoms with van der Waals surface area (Å²) in [5.74, 6) is -0.243. The molecule has 1 N–H and O–H groups in total. The molecule has 5 aromatic rings. The van der Waals surface area contributed by atoms with E-state index in [0.29, 0.717) is 0 Å². The Kier molecular flexibility index (Phi) is 4.22. The number of hydrogen-bond donors (Lipinski definition) is 1. The summed E-state index contributed by atoms with van der Waals surface area (Å²) in [4.78, 5) is 12.4. The van der Waals surface area contributed by atoms with Gasteiger partial charge in [0.1, 0.15) is 16.5 Å². The Labute approximate surface area is 165 Å². The third-order valence-corrected chi connectivity index (χ3v) is 5.88. The van der Waals surface area contributed by atoms with Gasteiger partial charge in [0.05, 0.1) is 4.70 Å². The van der Waals surface area contributed by atoms with Crippen molar-refractivity contribution in [3.05, 3.63) is 96.2 Å². The van der Waals surface area contributed by atoms with Gasteiger partial charge in [0.25, 0.3) is 0 Å². The number of aromatic nitrogens is 3. The molecule has 0 amide bonds. The van der Waals surface area contributed by atoms with E-state index in [1.165, 1.54) is 28.0 Å². The van der Waals surface area contributed by atoms with Crippen LogP contribution in [0.15, 0.2) is 79.3 Å². The molecule has 3 aromatic heterocycles. The summed E-state index contributed by atoms with van der Waals surface area (Å²) in [6.45, 7) is 0. The number of benzene rings is 2. The van der Waals surface area contributed by atoms with Gasteiger partial charge >= 0.3 is 0 Å². The number of nitrogens with zero attached hydrogens (tertiary/aromatic N) is 2. The average Bonchev–Trinajstić information content (AvgIpc) is 3.32. The largest absolute Gasteiger partial charge is 0.345 e. The van der Waals surface area contributed by atoms with Gasteiger partial charge in [-0.05, 0) is 34.9 Å². The maximum atomic E-state index is 13.2. The highest BCUT2D eigenvalue weighted by atomic mass is 32.1. The highest BCUT2D eigenvalue weighted by Crippen LogP contribution is 2.34. The number of rotatable bonds is 4. The van der Waals surface area contributed by atoms with Crippen LogP contribution in [0.1, 0.15) is 11.1 Å². The number of halogens is 1. The molecule has 0 fully saturated rings. The van der Waals surface area contributed by atoms with Crippen molar-refractivity contribution in [2.75, 3.05) is 0 Å². The lowest BCUT2D eigenvalue weighted by Crippen LogP contribution is -1.85. The first-order valence-corrected chi connectivity index (χ1v) is 9.80. The number of aromatic amines is 1. The van der Waals surface area contributed by atoms with Gasteiger partial charge in [0.15, 0.2) is 0 Å². The predicted molar refractivity (Wildman–Crippen MR) is 112 cm³/mol. The first-order chi connectivity index (χ1) is 13.8. The van der Waals surface area contributed by atoms with E-state index < -0.39 is 0 Å². The van der Waals surface area contributed by atoms with Crippen molar-refractivity contribution in [2.45, 2.75) is 6.42 Å². The van der Waals surface area contributed by atoms with Crippen molar-refractivity contribution in [1.82, 2.24) is 15.0 Å². The Bertz CT molecular complexity index is 1240. The van der Waals surface area contributed by atoms with E-state index in [9.17, 15) is 4.39 Å². The molecule has 0 bridgehead atoms. The molecule has 0 saturated heterocycles. The maximum absolute atomic E-state index is 13.2. The van der Waals surface area contributed by atoms with Gasteiger partial charge in [-0.2, -0.15) is 0 Å². The molecule has 28 heavy (non-hydrogen) atoms. The fourth-order valence-corrected chi connectivity index (χ4v) is 4.31. The quantitative estimate of drug-likeness (QED) is 0.407. The molecule has 136 valence electrons. The molecule has 0 spiro atoms. The van der Waals surface area contributed by atoms with Crippen molar-refractivity contribution >= 4 is 21.7 Å². The van der Waals surface area contributed by atoms with Crippen LogP contribution in [0.25, 0.3) is 32.0 Å². The van der Waals surface area contributed by atoms with E-state index in [4.69, 9.17) is 4.98 Å². The standard InChI is InChI=1S/C23H16FN3S/c24-20-8-6-16(7-9-20)17-11-19(13-25-12-17)23-27-22-21(28-23)18(14-26-22)10-15-4-2-1-3-5-15/h1-9,11-14,26H,10H2. The first kappa shape index (κ1) is 16.8. The highest BCUT2D eigenvalue weighted by Gasteiger charge is 2.13. The first-order valence-electron chi connectivity index (χ1n) is 8.98. The third kappa shape index (κ3) is 3.21. The highest BCUT2D eigenvalue weighted by molar-refractivity contribution is 7.21. The second-order valence-corrected chi connectivity index (χ2v) is 7.64.